The minimum Gasteiger partial charge on any atom is -0.324 e. The Hall–Kier alpha value is -1.09. The van der Waals surface area contributed by atoms with Crippen LogP contribution in [0.4, 0.5) is 4.39 Å². The summed E-state index contributed by atoms with van der Waals surface area (Å²) in [5.74, 6) is 1.31. The molecule has 0 saturated heterocycles. The molecule has 0 radical (unpaired) electrons. The van der Waals surface area contributed by atoms with E-state index in [9.17, 15) is 4.39 Å². The zero-order chi connectivity index (χ0) is 15.0. The van der Waals surface area contributed by atoms with Crippen molar-refractivity contribution >= 4 is 22.6 Å². The summed E-state index contributed by atoms with van der Waals surface area (Å²) in [7, 11) is 0. The Morgan fingerprint density at radius 2 is 2.24 bits per heavy atom. The van der Waals surface area contributed by atoms with E-state index in [-0.39, 0.29) is 11.2 Å². The van der Waals surface area contributed by atoms with Gasteiger partial charge in [0.2, 0.25) is 0 Å². The fraction of sp³-hybridized carbons (Fsp3) is 0.588. The predicted molar refractivity (Wildman–Crippen MR) is 85.2 cm³/mol. The number of hydrogen-bond donors (Lipinski definition) is 0. The van der Waals surface area contributed by atoms with Gasteiger partial charge in [-0.05, 0) is 37.8 Å². The van der Waals surface area contributed by atoms with Gasteiger partial charge in [-0.1, -0.05) is 32.3 Å². The summed E-state index contributed by atoms with van der Waals surface area (Å²) in [6, 6.07) is 5.59. The van der Waals surface area contributed by atoms with E-state index in [0.29, 0.717) is 11.6 Å². The average molecular weight is 309 g/mol. The van der Waals surface area contributed by atoms with Gasteiger partial charge in [-0.2, -0.15) is 0 Å². The monoisotopic (exact) mass is 308 g/mol. The van der Waals surface area contributed by atoms with Crippen LogP contribution in [0.2, 0.25) is 0 Å². The van der Waals surface area contributed by atoms with Crippen molar-refractivity contribution in [3.8, 4) is 0 Å². The normalized spacial score (nSPS) is 24.4. The first-order valence-corrected chi connectivity index (χ1v) is 8.35. The number of nitrogens with zero attached hydrogens (tertiary/aromatic N) is 2. The van der Waals surface area contributed by atoms with Crippen LogP contribution in [0.5, 0.6) is 0 Å². The van der Waals surface area contributed by atoms with Crippen LogP contribution >= 0.6 is 11.6 Å². The Bertz CT molecular complexity index is 635. The van der Waals surface area contributed by atoms with Gasteiger partial charge in [0, 0.05) is 6.04 Å². The van der Waals surface area contributed by atoms with Gasteiger partial charge < -0.3 is 4.57 Å². The molecule has 114 valence electrons. The smallest absolute Gasteiger partial charge is 0.151 e. The van der Waals surface area contributed by atoms with E-state index in [0.717, 1.165) is 30.1 Å². The molecule has 1 aliphatic rings. The maximum Gasteiger partial charge on any atom is 0.151 e. The van der Waals surface area contributed by atoms with Crippen molar-refractivity contribution in [3.05, 3.63) is 29.8 Å². The number of halogens is 2. The van der Waals surface area contributed by atoms with Gasteiger partial charge in [0.05, 0.1) is 10.9 Å². The second kappa shape index (κ2) is 5.96. The van der Waals surface area contributed by atoms with Crippen molar-refractivity contribution in [2.45, 2.75) is 57.4 Å². The van der Waals surface area contributed by atoms with Crippen LogP contribution < -0.4 is 0 Å². The highest BCUT2D eigenvalue weighted by Crippen LogP contribution is 2.39. The van der Waals surface area contributed by atoms with Crippen LogP contribution in [0, 0.1) is 11.7 Å². The number of aromatic nitrogens is 2. The topological polar surface area (TPSA) is 17.8 Å². The largest absolute Gasteiger partial charge is 0.324 e. The van der Waals surface area contributed by atoms with E-state index in [4.69, 9.17) is 11.6 Å². The summed E-state index contributed by atoms with van der Waals surface area (Å²) < 4.78 is 16.2. The first kappa shape index (κ1) is 14.8. The molecule has 3 unspecified atom stereocenters. The second-order valence-corrected chi connectivity index (χ2v) is 6.81. The van der Waals surface area contributed by atoms with Crippen LogP contribution in [0.15, 0.2) is 18.2 Å². The van der Waals surface area contributed by atoms with Crippen LogP contribution in [-0.4, -0.2) is 9.55 Å². The zero-order valence-corrected chi connectivity index (χ0v) is 13.4. The summed E-state index contributed by atoms with van der Waals surface area (Å²) in [6.07, 6.45) is 6.03. The van der Waals surface area contributed by atoms with Gasteiger partial charge in [-0.3, -0.25) is 0 Å². The van der Waals surface area contributed by atoms with Crippen LogP contribution in [-0.2, 0) is 0 Å². The van der Waals surface area contributed by atoms with Crippen molar-refractivity contribution in [2.75, 3.05) is 0 Å². The molecule has 0 aliphatic heterocycles. The van der Waals surface area contributed by atoms with E-state index < -0.39 is 0 Å². The molecule has 1 heterocycles. The summed E-state index contributed by atoms with van der Waals surface area (Å²) in [4.78, 5) is 4.49. The van der Waals surface area contributed by atoms with Crippen molar-refractivity contribution < 1.29 is 4.39 Å². The molecule has 0 N–H and O–H groups in total. The Morgan fingerprint density at radius 1 is 1.43 bits per heavy atom. The second-order valence-electron chi connectivity index (χ2n) is 6.16. The highest BCUT2D eigenvalue weighted by atomic mass is 35.5. The lowest BCUT2D eigenvalue weighted by Crippen LogP contribution is -2.20. The van der Waals surface area contributed by atoms with Gasteiger partial charge in [-0.15, -0.1) is 11.6 Å². The van der Waals surface area contributed by atoms with Gasteiger partial charge in [0.25, 0.3) is 0 Å². The van der Waals surface area contributed by atoms with Gasteiger partial charge in [0.1, 0.15) is 11.3 Å². The fourth-order valence-corrected chi connectivity index (χ4v) is 3.79. The van der Waals surface area contributed by atoms with Gasteiger partial charge in [-0.25, -0.2) is 9.37 Å². The van der Waals surface area contributed by atoms with E-state index in [1.807, 2.05) is 13.0 Å². The Morgan fingerprint density at radius 3 is 2.95 bits per heavy atom. The molecule has 2 nitrogen and oxygen atoms in total. The lowest BCUT2D eigenvalue weighted by molar-refractivity contribution is 0.261. The number of benzene rings is 1. The maximum atomic E-state index is 14.0. The highest BCUT2D eigenvalue weighted by Gasteiger charge is 2.27. The van der Waals surface area contributed by atoms with Crippen molar-refractivity contribution in [1.29, 1.82) is 0 Å². The average Bonchev–Trinajstić information content (AvgIpc) is 2.88. The molecular formula is C17H22ClFN2. The molecule has 1 aromatic carbocycles. The molecular weight excluding hydrogens is 287 g/mol. The molecule has 4 heteroatoms. The van der Waals surface area contributed by atoms with Crippen LogP contribution in [0.3, 0.4) is 0 Å². The third-order valence-electron chi connectivity index (χ3n) is 4.75. The number of hydrogen-bond acceptors (Lipinski definition) is 1. The number of fused-ring (bicyclic) bond motifs is 1. The minimum atomic E-state index is -0.257. The van der Waals surface area contributed by atoms with Gasteiger partial charge in [0.15, 0.2) is 5.82 Å². The summed E-state index contributed by atoms with van der Waals surface area (Å²) in [5.41, 5.74) is 1.35. The van der Waals surface area contributed by atoms with Crippen molar-refractivity contribution in [3.63, 3.8) is 0 Å². The number of rotatable bonds is 3. The number of imidazole rings is 1. The molecule has 21 heavy (non-hydrogen) atoms. The summed E-state index contributed by atoms with van der Waals surface area (Å²) in [6.45, 7) is 4.17. The third-order valence-corrected chi connectivity index (χ3v) is 4.95. The van der Waals surface area contributed by atoms with Crippen LogP contribution in [0.1, 0.15) is 63.2 Å². The minimum absolute atomic E-state index is 0.209. The quantitative estimate of drug-likeness (QED) is 0.673. The Balaban J connectivity index is 2.11. The van der Waals surface area contributed by atoms with E-state index in [2.05, 4.69) is 16.5 Å². The van der Waals surface area contributed by atoms with E-state index in [1.165, 1.54) is 25.3 Å². The Kier molecular flexibility index (Phi) is 4.21. The summed E-state index contributed by atoms with van der Waals surface area (Å²) in [5, 5.41) is -0.209. The van der Waals surface area contributed by atoms with Gasteiger partial charge >= 0.3 is 0 Å². The Labute approximate surface area is 130 Å². The highest BCUT2D eigenvalue weighted by molar-refractivity contribution is 6.20. The molecule has 3 atom stereocenters. The van der Waals surface area contributed by atoms with E-state index >= 15 is 0 Å². The first-order chi connectivity index (χ1) is 10.1. The standard InChI is InChI=1S/C17H22ClFN2/c1-3-12-6-4-7-13(10-12)21-15-9-5-8-14(19)16(15)20-17(21)11(2)18/h5,8-9,11-13H,3-4,6-7,10H2,1-2H3. The van der Waals surface area contributed by atoms with Crippen molar-refractivity contribution in [1.82, 2.24) is 9.55 Å². The molecule has 0 spiro atoms. The zero-order valence-electron chi connectivity index (χ0n) is 12.6. The third kappa shape index (κ3) is 2.68. The van der Waals surface area contributed by atoms with Crippen molar-refractivity contribution in [2.24, 2.45) is 5.92 Å². The molecule has 1 aliphatic carbocycles. The molecule has 1 fully saturated rings. The summed E-state index contributed by atoms with van der Waals surface area (Å²) >= 11 is 6.32. The molecule has 0 bridgehead atoms. The molecule has 3 rings (SSSR count). The number of alkyl halides is 1. The maximum absolute atomic E-state index is 14.0. The molecule has 1 aromatic heterocycles. The number of para-hydroxylation sites is 1. The first-order valence-electron chi connectivity index (χ1n) is 7.92. The SMILES string of the molecule is CCC1CCCC(n2c(C(C)Cl)nc3c(F)cccc32)C1. The molecule has 0 amide bonds. The molecule has 1 saturated carbocycles. The molecule has 2 aromatic rings. The van der Waals surface area contributed by atoms with E-state index in [1.54, 1.807) is 6.07 Å². The lowest BCUT2D eigenvalue weighted by Gasteiger charge is -2.31. The van der Waals surface area contributed by atoms with Crippen LogP contribution in [0.25, 0.3) is 11.0 Å². The predicted octanol–water partition coefficient (Wildman–Crippen LogP) is 5.62. The lowest BCUT2D eigenvalue weighted by atomic mass is 9.84. The fourth-order valence-electron chi connectivity index (χ4n) is 3.63.